The highest BCUT2D eigenvalue weighted by Gasteiger charge is 2.20. The summed E-state index contributed by atoms with van der Waals surface area (Å²) in [6.45, 7) is 3.80. The number of carbonyl (C=O) groups excluding carboxylic acids is 1. The molecule has 1 heterocycles. The SMILES string of the molecule is Cc1ccccc1CN1CCCC1=O. The first-order chi connectivity index (χ1) is 6.77. The molecule has 0 N–H and O–H groups in total. The van der Waals surface area contributed by atoms with Gasteiger partial charge in [0.05, 0.1) is 0 Å². The highest BCUT2D eigenvalue weighted by atomic mass is 16.2. The second kappa shape index (κ2) is 3.82. The Balaban J connectivity index is 2.10. The van der Waals surface area contributed by atoms with Crippen molar-refractivity contribution in [1.29, 1.82) is 0 Å². The summed E-state index contributed by atoms with van der Waals surface area (Å²) >= 11 is 0. The summed E-state index contributed by atoms with van der Waals surface area (Å²) in [4.78, 5) is 13.4. The van der Waals surface area contributed by atoms with Gasteiger partial charge in [-0.1, -0.05) is 24.3 Å². The minimum atomic E-state index is 0.299. The van der Waals surface area contributed by atoms with Gasteiger partial charge in [-0.15, -0.1) is 0 Å². The maximum Gasteiger partial charge on any atom is 0.222 e. The van der Waals surface area contributed by atoms with Gasteiger partial charge in [-0.25, -0.2) is 0 Å². The topological polar surface area (TPSA) is 20.3 Å². The lowest BCUT2D eigenvalue weighted by molar-refractivity contribution is -0.128. The molecule has 0 radical (unpaired) electrons. The average molecular weight is 189 g/mol. The summed E-state index contributed by atoms with van der Waals surface area (Å²) in [6, 6.07) is 8.25. The number of benzene rings is 1. The summed E-state index contributed by atoms with van der Waals surface area (Å²) in [5.74, 6) is 0.299. The van der Waals surface area contributed by atoms with E-state index >= 15 is 0 Å². The molecule has 1 aromatic rings. The van der Waals surface area contributed by atoms with Crippen molar-refractivity contribution in [3.05, 3.63) is 35.4 Å². The Kier molecular flexibility index (Phi) is 2.53. The van der Waals surface area contributed by atoms with Crippen LogP contribution in [0.5, 0.6) is 0 Å². The quantitative estimate of drug-likeness (QED) is 0.697. The van der Waals surface area contributed by atoms with E-state index in [1.54, 1.807) is 0 Å². The lowest BCUT2D eigenvalue weighted by Gasteiger charge is -2.16. The fraction of sp³-hybridized carbons (Fsp3) is 0.417. The second-order valence-corrected chi connectivity index (χ2v) is 3.85. The van der Waals surface area contributed by atoms with Crippen molar-refractivity contribution in [2.24, 2.45) is 0 Å². The van der Waals surface area contributed by atoms with E-state index < -0.39 is 0 Å². The van der Waals surface area contributed by atoms with Crippen LogP contribution in [0.25, 0.3) is 0 Å². The minimum Gasteiger partial charge on any atom is -0.338 e. The standard InChI is InChI=1S/C12H15NO/c1-10-5-2-3-6-11(10)9-13-8-4-7-12(13)14/h2-3,5-6H,4,7-9H2,1H3. The Hall–Kier alpha value is -1.31. The summed E-state index contributed by atoms with van der Waals surface area (Å²) in [5.41, 5.74) is 2.54. The number of nitrogens with zero attached hydrogens (tertiary/aromatic N) is 1. The Morgan fingerprint density at radius 2 is 2.14 bits per heavy atom. The summed E-state index contributed by atoms with van der Waals surface area (Å²) < 4.78 is 0. The number of hydrogen-bond acceptors (Lipinski definition) is 1. The number of likely N-dealkylation sites (tertiary alicyclic amines) is 1. The fourth-order valence-electron chi connectivity index (χ4n) is 1.86. The zero-order valence-electron chi connectivity index (χ0n) is 8.49. The third kappa shape index (κ3) is 1.79. The number of rotatable bonds is 2. The molecule has 1 aliphatic rings. The molecule has 0 bridgehead atoms. The third-order valence-electron chi connectivity index (χ3n) is 2.79. The zero-order chi connectivity index (χ0) is 9.97. The highest BCUT2D eigenvalue weighted by molar-refractivity contribution is 5.78. The smallest absolute Gasteiger partial charge is 0.222 e. The predicted molar refractivity (Wildman–Crippen MR) is 55.8 cm³/mol. The van der Waals surface area contributed by atoms with E-state index in [9.17, 15) is 4.79 Å². The van der Waals surface area contributed by atoms with Crippen molar-refractivity contribution in [2.45, 2.75) is 26.3 Å². The Morgan fingerprint density at radius 1 is 1.36 bits per heavy atom. The van der Waals surface area contributed by atoms with E-state index in [4.69, 9.17) is 0 Å². The van der Waals surface area contributed by atoms with E-state index in [0.717, 1.165) is 25.9 Å². The van der Waals surface area contributed by atoms with Crippen molar-refractivity contribution >= 4 is 5.91 Å². The van der Waals surface area contributed by atoms with Crippen LogP contribution in [0.4, 0.5) is 0 Å². The zero-order valence-corrected chi connectivity index (χ0v) is 8.49. The molecule has 0 atom stereocenters. The first kappa shape index (κ1) is 9.25. The molecule has 2 rings (SSSR count). The summed E-state index contributed by atoms with van der Waals surface area (Å²) in [7, 11) is 0. The molecule has 0 spiro atoms. The molecule has 74 valence electrons. The van der Waals surface area contributed by atoms with Crippen molar-refractivity contribution in [2.75, 3.05) is 6.54 Å². The van der Waals surface area contributed by atoms with Crippen LogP contribution in [0.3, 0.4) is 0 Å². The molecule has 1 fully saturated rings. The molecule has 0 unspecified atom stereocenters. The van der Waals surface area contributed by atoms with Crippen LogP contribution in [0.2, 0.25) is 0 Å². The molecule has 14 heavy (non-hydrogen) atoms. The van der Waals surface area contributed by atoms with Crippen molar-refractivity contribution in [3.63, 3.8) is 0 Å². The molecule has 2 nitrogen and oxygen atoms in total. The maximum atomic E-state index is 11.4. The van der Waals surface area contributed by atoms with Crippen LogP contribution in [-0.4, -0.2) is 17.4 Å². The van der Waals surface area contributed by atoms with Gasteiger partial charge in [0.15, 0.2) is 0 Å². The van der Waals surface area contributed by atoms with Gasteiger partial charge in [-0.3, -0.25) is 4.79 Å². The van der Waals surface area contributed by atoms with Gasteiger partial charge in [0.2, 0.25) is 5.91 Å². The van der Waals surface area contributed by atoms with Crippen LogP contribution in [0, 0.1) is 6.92 Å². The van der Waals surface area contributed by atoms with Gasteiger partial charge < -0.3 is 4.90 Å². The van der Waals surface area contributed by atoms with Crippen molar-refractivity contribution < 1.29 is 4.79 Å². The van der Waals surface area contributed by atoms with Gasteiger partial charge in [-0.05, 0) is 24.5 Å². The molecular weight excluding hydrogens is 174 g/mol. The number of amides is 1. The average Bonchev–Trinajstić information content (AvgIpc) is 2.56. The molecule has 1 saturated heterocycles. The first-order valence-electron chi connectivity index (χ1n) is 5.09. The van der Waals surface area contributed by atoms with Gasteiger partial charge in [-0.2, -0.15) is 0 Å². The van der Waals surface area contributed by atoms with Crippen LogP contribution in [0.15, 0.2) is 24.3 Å². The summed E-state index contributed by atoms with van der Waals surface area (Å²) in [6.07, 6.45) is 1.75. The first-order valence-corrected chi connectivity index (χ1v) is 5.09. The lowest BCUT2D eigenvalue weighted by Crippen LogP contribution is -2.24. The maximum absolute atomic E-state index is 11.4. The molecule has 0 aliphatic carbocycles. The van der Waals surface area contributed by atoms with Crippen molar-refractivity contribution in [3.8, 4) is 0 Å². The lowest BCUT2D eigenvalue weighted by atomic mass is 10.1. The Morgan fingerprint density at radius 3 is 2.79 bits per heavy atom. The monoisotopic (exact) mass is 189 g/mol. The molecule has 1 amide bonds. The minimum absolute atomic E-state index is 0.299. The van der Waals surface area contributed by atoms with E-state index in [-0.39, 0.29) is 0 Å². The molecule has 0 saturated carbocycles. The number of hydrogen-bond donors (Lipinski definition) is 0. The third-order valence-corrected chi connectivity index (χ3v) is 2.79. The van der Waals surface area contributed by atoms with Gasteiger partial charge >= 0.3 is 0 Å². The molecule has 2 heteroatoms. The van der Waals surface area contributed by atoms with E-state index in [1.165, 1.54) is 11.1 Å². The normalized spacial score (nSPS) is 16.4. The van der Waals surface area contributed by atoms with Gasteiger partial charge in [0.25, 0.3) is 0 Å². The van der Waals surface area contributed by atoms with Crippen LogP contribution < -0.4 is 0 Å². The van der Waals surface area contributed by atoms with Crippen LogP contribution >= 0.6 is 0 Å². The van der Waals surface area contributed by atoms with Crippen molar-refractivity contribution in [1.82, 2.24) is 4.90 Å². The molecule has 1 aliphatic heterocycles. The van der Waals surface area contributed by atoms with Crippen LogP contribution in [0.1, 0.15) is 24.0 Å². The molecule has 0 aromatic heterocycles. The second-order valence-electron chi connectivity index (χ2n) is 3.85. The predicted octanol–water partition coefficient (Wildman–Crippen LogP) is 2.12. The van der Waals surface area contributed by atoms with Gasteiger partial charge in [0, 0.05) is 19.5 Å². The number of carbonyl (C=O) groups is 1. The van der Waals surface area contributed by atoms with Crippen LogP contribution in [-0.2, 0) is 11.3 Å². The van der Waals surface area contributed by atoms with E-state index in [2.05, 4.69) is 19.1 Å². The number of aryl methyl sites for hydroxylation is 1. The highest BCUT2D eigenvalue weighted by Crippen LogP contribution is 2.16. The van der Waals surface area contributed by atoms with E-state index in [1.807, 2.05) is 17.0 Å². The fourth-order valence-corrected chi connectivity index (χ4v) is 1.86. The van der Waals surface area contributed by atoms with E-state index in [0.29, 0.717) is 5.91 Å². The largest absolute Gasteiger partial charge is 0.338 e. The Labute approximate surface area is 84.5 Å². The molecule has 1 aromatic carbocycles. The molecular formula is C12H15NO. The van der Waals surface area contributed by atoms with Gasteiger partial charge in [0.1, 0.15) is 0 Å². The summed E-state index contributed by atoms with van der Waals surface area (Å²) in [5, 5.41) is 0. The Bertz CT molecular complexity index is 346.